The topological polar surface area (TPSA) is 131 Å². The molecule has 2 aromatic rings. The molecule has 0 atom stereocenters. The number of anilines is 2. The molecular formula is C26H28N2O8S3. The second-order valence-electron chi connectivity index (χ2n) is 8.67. The fourth-order valence-electron chi connectivity index (χ4n) is 4.35. The highest BCUT2D eigenvalue weighted by Gasteiger charge is 2.33. The Bertz CT molecular complexity index is 1330. The minimum absolute atomic E-state index is 0.0116. The Hall–Kier alpha value is -3.00. The summed E-state index contributed by atoms with van der Waals surface area (Å²) in [4.78, 5) is 42.1. The van der Waals surface area contributed by atoms with Gasteiger partial charge >= 0.3 is 6.16 Å². The third-order valence-electron chi connectivity index (χ3n) is 6.02. The summed E-state index contributed by atoms with van der Waals surface area (Å²) in [5.74, 6) is -0.875. The Morgan fingerprint density at radius 1 is 0.974 bits per heavy atom. The summed E-state index contributed by atoms with van der Waals surface area (Å²) in [5.41, 5.74) is 5.06. The number of imide groups is 1. The zero-order valence-corrected chi connectivity index (χ0v) is 23.6. The molecule has 1 N–H and O–H groups in total. The van der Waals surface area contributed by atoms with E-state index in [0.29, 0.717) is 30.2 Å². The quantitative estimate of drug-likeness (QED) is 0.166. The van der Waals surface area contributed by atoms with E-state index in [-0.39, 0.29) is 25.2 Å². The van der Waals surface area contributed by atoms with Crippen LogP contribution in [0.1, 0.15) is 36.8 Å². The normalized spacial score (nSPS) is 14.8. The molecule has 0 radical (unpaired) electrons. The lowest BCUT2D eigenvalue weighted by Crippen LogP contribution is -2.32. The molecule has 2 aromatic carbocycles. The molecule has 4 rings (SSSR count). The number of hydrogen-bond acceptors (Lipinski definition) is 10. The number of thioether (sulfide) groups is 2. The van der Waals surface area contributed by atoms with Gasteiger partial charge in [-0.25, -0.2) is 4.79 Å². The number of amides is 2. The predicted molar refractivity (Wildman–Crippen MR) is 151 cm³/mol. The maximum atomic E-state index is 12.0. The molecule has 13 heteroatoms. The predicted octanol–water partition coefficient (Wildman–Crippen LogP) is 4.84. The Balaban J connectivity index is 1.49. The standard InChI is InChI=1S/C26H28N2O8S3/c1-37-25(38-16-7-17-39(32,33)34)24-18-8-2-4-10-20(18)27(21-11-5-3-9-19(21)24)14-6-15-35-26(31)36-28-22(29)12-13-23(28)30/h2-5,8-11H,6-7,12-17H2,1H3,(H,32,33,34). The minimum Gasteiger partial charge on any atom is -0.433 e. The van der Waals surface area contributed by atoms with Gasteiger partial charge in [0, 0.05) is 51.7 Å². The van der Waals surface area contributed by atoms with Gasteiger partial charge in [0.2, 0.25) is 0 Å². The lowest BCUT2D eigenvalue weighted by molar-refractivity contribution is -0.177. The van der Waals surface area contributed by atoms with Crippen molar-refractivity contribution < 1.29 is 36.9 Å². The van der Waals surface area contributed by atoms with Crippen LogP contribution in [0.5, 0.6) is 0 Å². The van der Waals surface area contributed by atoms with E-state index in [0.717, 1.165) is 32.3 Å². The number of hydrogen-bond donors (Lipinski definition) is 1. The van der Waals surface area contributed by atoms with Crippen molar-refractivity contribution in [3.05, 3.63) is 63.9 Å². The molecule has 2 aliphatic rings. The van der Waals surface area contributed by atoms with Crippen LogP contribution in [-0.4, -0.2) is 66.9 Å². The van der Waals surface area contributed by atoms with Crippen molar-refractivity contribution in [3.63, 3.8) is 0 Å². The van der Waals surface area contributed by atoms with Crippen LogP contribution in [0, 0.1) is 0 Å². The summed E-state index contributed by atoms with van der Waals surface area (Å²) in [5, 5.41) is 0.456. The number of carbonyl (C=O) groups excluding carboxylic acids is 3. The molecule has 1 saturated heterocycles. The van der Waals surface area contributed by atoms with Crippen LogP contribution in [0.25, 0.3) is 5.57 Å². The van der Waals surface area contributed by atoms with Gasteiger partial charge in [-0.15, -0.1) is 23.5 Å². The molecule has 0 saturated carbocycles. The monoisotopic (exact) mass is 592 g/mol. The van der Waals surface area contributed by atoms with Crippen LogP contribution >= 0.6 is 23.5 Å². The largest absolute Gasteiger partial charge is 0.533 e. The van der Waals surface area contributed by atoms with Crippen LogP contribution < -0.4 is 4.90 Å². The Morgan fingerprint density at radius 3 is 2.13 bits per heavy atom. The lowest BCUT2D eigenvalue weighted by Gasteiger charge is -2.35. The van der Waals surface area contributed by atoms with Crippen molar-refractivity contribution in [2.75, 3.05) is 35.8 Å². The van der Waals surface area contributed by atoms with Crippen molar-refractivity contribution in [1.29, 1.82) is 0 Å². The van der Waals surface area contributed by atoms with Crippen LogP contribution in [0.3, 0.4) is 0 Å². The molecule has 208 valence electrons. The van der Waals surface area contributed by atoms with Crippen LogP contribution in [-0.2, 0) is 29.3 Å². The van der Waals surface area contributed by atoms with Gasteiger partial charge in [0.1, 0.15) is 0 Å². The van der Waals surface area contributed by atoms with Gasteiger partial charge in [-0.1, -0.05) is 41.5 Å². The van der Waals surface area contributed by atoms with E-state index in [1.807, 2.05) is 54.8 Å². The minimum atomic E-state index is -4.00. The molecule has 2 amide bonds. The number of carbonyl (C=O) groups is 3. The maximum absolute atomic E-state index is 12.0. The molecule has 0 unspecified atom stereocenters. The number of nitrogens with zero attached hydrogens (tertiary/aromatic N) is 2. The Kier molecular flexibility index (Phi) is 9.59. The van der Waals surface area contributed by atoms with Crippen LogP contribution in [0.15, 0.2) is 52.8 Å². The Labute approximate surface area is 235 Å². The Morgan fingerprint density at radius 2 is 1.56 bits per heavy atom. The first-order valence-electron chi connectivity index (χ1n) is 12.2. The average molecular weight is 593 g/mol. The molecule has 0 spiro atoms. The summed E-state index contributed by atoms with van der Waals surface area (Å²) < 4.78 is 37.5. The first-order valence-corrected chi connectivity index (χ1v) is 16.0. The van der Waals surface area contributed by atoms with E-state index >= 15 is 0 Å². The van der Waals surface area contributed by atoms with E-state index < -0.39 is 28.1 Å². The number of hydroxylamine groups is 2. The summed E-state index contributed by atoms with van der Waals surface area (Å²) >= 11 is 3.15. The van der Waals surface area contributed by atoms with Gasteiger partial charge in [0.15, 0.2) is 0 Å². The highest BCUT2D eigenvalue weighted by molar-refractivity contribution is 8.22. The van der Waals surface area contributed by atoms with E-state index in [1.165, 1.54) is 0 Å². The van der Waals surface area contributed by atoms with Crippen molar-refractivity contribution in [2.45, 2.75) is 25.7 Å². The number of fused-ring (bicyclic) bond motifs is 2. The van der Waals surface area contributed by atoms with Crippen molar-refractivity contribution in [3.8, 4) is 0 Å². The van der Waals surface area contributed by atoms with Gasteiger partial charge in [-0.3, -0.25) is 19.0 Å². The second-order valence-corrected chi connectivity index (χ2v) is 12.4. The van der Waals surface area contributed by atoms with E-state index in [4.69, 9.17) is 14.1 Å². The molecule has 2 aliphatic heterocycles. The summed E-state index contributed by atoms with van der Waals surface area (Å²) in [6, 6.07) is 16.0. The zero-order valence-electron chi connectivity index (χ0n) is 21.2. The summed E-state index contributed by atoms with van der Waals surface area (Å²) in [6.07, 6.45) is 1.70. The average Bonchev–Trinajstić information content (AvgIpc) is 3.22. The van der Waals surface area contributed by atoms with Gasteiger partial charge in [0.25, 0.3) is 21.9 Å². The number of benzene rings is 2. The smallest absolute Gasteiger partial charge is 0.433 e. The molecular weight excluding hydrogens is 564 g/mol. The van der Waals surface area contributed by atoms with E-state index in [9.17, 15) is 22.8 Å². The van der Waals surface area contributed by atoms with Crippen LogP contribution in [0.2, 0.25) is 0 Å². The number of ether oxygens (including phenoxy) is 1. The highest BCUT2D eigenvalue weighted by Crippen LogP contribution is 2.49. The second kappa shape index (κ2) is 12.9. The fourth-order valence-corrected chi connectivity index (χ4v) is 7.03. The van der Waals surface area contributed by atoms with Gasteiger partial charge in [0.05, 0.1) is 12.4 Å². The molecule has 39 heavy (non-hydrogen) atoms. The molecule has 1 fully saturated rings. The SMILES string of the molecule is CSC(SCCCS(=O)(=O)O)=C1c2ccccc2N(CCCOC(=O)ON2C(=O)CCC2=O)c2ccccc21. The lowest BCUT2D eigenvalue weighted by atomic mass is 9.91. The number of rotatable bonds is 11. The third-order valence-corrected chi connectivity index (χ3v) is 9.21. The molecule has 2 heterocycles. The fraction of sp³-hybridized carbons (Fsp3) is 0.346. The van der Waals surface area contributed by atoms with Gasteiger partial charge in [-0.2, -0.15) is 8.42 Å². The first kappa shape index (κ1) is 29.0. The number of para-hydroxylation sites is 2. The van der Waals surface area contributed by atoms with E-state index in [1.54, 1.807) is 23.5 Å². The van der Waals surface area contributed by atoms with Crippen molar-refractivity contribution in [1.82, 2.24) is 5.06 Å². The summed E-state index contributed by atoms with van der Waals surface area (Å²) in [7, 11) is -4.00. The third kappa shape index (κ3) is 7.15. The van der Waals surface area contributed by atoms with Crippen molar-refractivity contribution in [2.24, 2.45) is 0 Å². The molecule has 0 aliphatic carbocycles. The van der Waals surface area contributed by atoms with Gasteiger partial charge in [-0.05, 0) is 37.0 Å². The first-order chi connectivity index (χ1) is 18.7. The highest BCUT2D eigenvalue weighted by atomic mass is 32.2. The zero-order chi connectivity index (χ0) is 28.0. The maximum Gasteiger partial charge on any atom is 0.533 e. The van der Waals surface area contributed by atoms with Gasteiger partial charge < -0.3 is 9.64 Å². The molecule has 10 nitrogen and oxygen atoms in total. The molecule has 0 aromatic heterocycles. The van der Waals surface area contributed by atoms with Crippen LogP contribution in [0.4, 0.5) is 16.2 Å². The van der Waals surface area contributed by atoms with Crippen molar-refractivity contribution >= 4 is 68.6 Å². The van der Waals surface area contributed by atoms with E-state index in [2.05, 4.69) is 4.90 Å². The summed E-state index contributed by atoms with van der Waals surface area (Å²) in [6.45, 7) is 0.546. The molecule has 0 bridgehead atoms.